The van der Waals surface area contributed by atoms with Gasteiger partial charge in [0.2, 0.25) is 0 Å². The molecular formula is C15H24FNO3. The molecule has 1 rings (SSSR count). The van der Waals surface area contributed by atoms with Crippen LogP contribution in [0.1, 0.15) is 20.3 Å². The Bertz CT molecular complexity index is 359. The first-order valence-corrected chi connectivity index (χ1v) is 6.99. The topological polar surface area (TPSA) is 50.7 Å². The fraction of sp³-hybridized carbons (Fsp3) is 0.600. The monoisotopic (exact) mass is 285 g/mol. The van der Waals surface area contributed by atoms with Crippen LogP contribution in [0.15, 0.2) is 24.3 Å². The van der Waals surface area contributed by atoms with Crippen molar-refractivity contribution in [3.8, 4) is 5.75 Å². The number of aliphatic hydroxyl groups excluding tert-OH is 1. The maximum absolute atomic E-state index is 12.7. The largest absolute Gasteiger partial charge is 0.491 e. The number of hydrogen-bond acceptors (Lipinski definition) is 4. The second-order valence-corrected chi connectivity index (χ2v) is 4.75. The average Bonchev–Trinajstić information content (AvgIpc) is 2.46. The minimum Gasteiger partial charge on any atom is -0.491 e. The van der Waals surface area contributed by atoms with Crippen LogP contribution in [0.5, 0.6) is 5.75 Å². The predicted octanol–water partition coefficient (Wildman–Crippen LogP) is 1.97. The SMILES string of the molecule is CC[C@@H](C)NC[C@H](O)COCCOc1ccc(F)cc1. The molecule has 0 aliphatic rings. The van der Waals surface area contributed by atoms with Crippen LogP contribution >= 0.6 is 0 Å². The van der Waals surface area contributed by atoms with Crippen LogP contribution < -0.4 is 10.1 Å². The van der Waals surface area contributed by atoms with Crippen molar-refractivity contribution in [1.29, 1.82) is 0 Å². The summed E-state index contributed by atoms with van der Waals surface area (Å²) in [6, 6.07) is 6.23. The van der Waals surface area contributed by atoms with Gasteiger partial charge in [0.25, 0.3) is 0 Å². The molecule has 20 heavy (non-hydrogen) atoms. The Kier molecular flexibility index (Phi) is 8.18. The molecule has 0 saturated carbocycles. The summed E-state index contributed by atoms with van der Waals surface area (Å²) in [4.78, 5) is 0. The molecule has 0 aliphatic carbocycles. The summed E-state index contributed by atoms with van der Waals surface area (Å²) in [6.07, 6.45) is 0.508. The molecule has 4 nitrogen and oxygen atoms in total. The molecule has 0 spiro atoms. The van der Waals surface area contributed by atoms with Gasteiger partial charge in [0, 0.05) is 12.6 Å². The van der Waals surface area contributed by atoms with Crippen molar-refractivity contribution in [2.24, 2.45) is 0 Å². The molecule has 0 unspecified atom stereocenters. The van der Waals surface area contributed by atoms with E-state index in [1.165, 1.54) is 12.1 Å². The van der Waals surface area contributed by atoms with E-state index in [1.54, 1.807) is 12.1 Å². The van der Waals surface area contributed by atoms with Crippen molar-refractivity contribution in [1.82, 2.24) is 5.32 Å². The van der Waals surface area contributed by atoms with Crippen molar-refractivity contribution in [3.63, 3.8) is 0 Å². The van der Waals surface area contributed by atoms with Crippen LogP contribution in [0.4, 0.5) is 4.39 Å². The standard InChI is InChI=1S/C15H24FNO3/c1-3-12(2)17-10-14(18)11-19-8-9-20-15-6-4-13(16)5-7-15/h4-7,12,14,17-18H,3,8-11H2,1-2H3/t12-,14+/m1/s1. The van der Waals surface area contributed by atoms with Gasteiger partial charge in [-0.05, 0) is 37.6 Å². The zero-order valence-corrected chi connectivity index (χ0v) is 12.1. The van der Waals surface area contributed by atoms with Crippen LogP contribution in [0, 0.1) is 5.82 Å². The normalized spacial score (nSPS) is 14.0. The molecule has 0 aliphatic heterocycles. The van der Waals surface area contributed by atoms with Gasteiger partial charge in [-0.15, -0.1) is 0 Å². The number of halogens is 1. The second kappa shape index (κ2) is 9.69. The van der Waals surface area contributed by atoms with E-state index >= 15 is 0 Å². The maximum atomic E-state index is 12.7. The van der Waals surface area contributed by atoms with Gasteiger partial charge in [0.1, 0.15) is 18.2 Å². The summed E-state index contributed by atoms with van der Waals surface area (Å²) >= 11 is 0. The molecule has 1 aromatic carbocycles. The molecule has 114 valence electrons. The Hall–Kier alpha value is -1.17. The number of hydrogen-bond donors (Lipinski definition) is 2. The van der Waals surface area contributed by atoms with Gasteiger partial charge in [-0.1, -0.05) is 6.92 Å². The number of rotatable bonds is 10. The van der Waals surface area contributed by atoms with Gasteiger partial charge >= 0.3 is 0 Å². The van der Waals surface area contributed by atoms with Gasteiger partial charge in [0.15, 0.2) is 0 Å². The number of ether oxygens (including phenoxy) is 2. The van der Waals surface area contributed by atoms with Crippen molar-refractivity contribution in [2.45, 2.75) is 32.4 Å². The Balaban J connectivity index is 2.02. The summed E-state index contributed by atoms with van der Waals surface area (Å²) in [5.41, 5.74) is 0. The third-order valence-electron chi connectivity index (χ3n) is 2.93. The lowest BCUT2D eigenvalue weighted by Crippen LogP contribution is -2.35. The van der Waals surface area contributed by atoms with Crippen molar-refractivity contribution in [2.75, 3.05) is 26.4 Å². The highest BCUT2D eigenvalue weighted by Crippen LogP contribution is 2.10. The van der Waals surface area contributed by atoms with Gasteiger partial charge in [-0.25, -0.2) is 4.39 Å². The molecule has 5 heteroatoms. The molecule has 0 bridgehead atoms. The molecule has 0 aromatic heterocycles. The number of benzene rings is 1. The predicted molar refractivity (Wildman–Crippen MR) is 76.5 cm³/mol. The molecule has 2 atom stereocenters. The molecular weight excluding hydrogens is 261 g/mol. The van der Waals surface area contributed by atoms with E-state index in [0.717, 1.165) is 6.42 Å². The van der Waals surface area contributed by atoms with E-state index < -0.39 is 6.10 Å². The third-order valence-corrected chi connectivity index (χ3v) is 2.93. The molecule has 0 heterocycles. The lowest BCUT2D eigenvalue weighted by molar-refractivity contribution is 0.0241. The summed E-state index contributed by atoms with van der Waals surface area (Å²) < 4.78 is 23.3. The zero-order valence-electron chi connectivity index (χ0n) is 12.1. The van der Waals surface area contributed by atoms with E-state index in [9.17, 15) is 9.50 Å². The van der Waals surface area contributed by atoms with E-state index in [1.807, 2.05) is 0 Å². The van der Waals surface area contributed by atoms with Gasteiger partial charge in [-0.2, -0.15) is 0 Å². The summed E-state index contributed by atoms with van der Waals surface area (Å²) in [7, 11) is 0. The van der Waals surface area contributed by atoms with Crippen LogP contribution in [0.25, 0.3) is 0 Å². The molecule has 1 aromatic rings. The van der Waals surface area contributed by atoms with Crippen molar-refractivity contribution >= 4 is 0 Å². The minimum absolute atomic E-state index is 0.274. The molecule has 0 saturated heterocycles. The average molecular weight is 285 g/mol. The van der Waals surface area contributed by atoms with E-state index in [0.29, 0.717) is 31.5 Å². The van der Waals surface area contributed by atoms with E-state index in [-0.39, 0.29) is 12.4 Å². The maximum Gasteiger partial charge on any atom is 0.123 e. The molecule has 0 amide bonds. The summed E-state index contributed by atoms with van der Waals surface area (Å²) in [6.45, 7) is 5.72. The van der Waals surface area contributed by atoms with Crippen molar-refractivity contribution in [3.05, 3.63) is 30.1 Å². The third kappa shape index (κ3) is 7.43. The highest BCUT2D eigenvalue weighted by Gasteiger charge is 2.06. The van der Waals surface area contributed by atoms with Crippen molar-refractivity contribution < 1.29 is 19.0 Å². The fourth-order valence-electron chi connectivity index (χ4n) is 1.51. The Morgan fingerprint density at radius 2 is 1.95 bits per heavy atom. The number of aliphatic hydroxyl groups is 1. The lowest BCUT2D eigenvalue weighted by atomic mass is 10.2. The van der Waals surface area contributed by atoms with Crippen LogP contribution in [-0.2, 0) is 4.74 Å². The van der Waals surface area contributed by atoms with Gasteiger partial charge in [-0.3, -0.25) is 0 Å². The lowest BCUT2D eigenvalue weighted by Gasteiger charge is -2.16. The Morgan fingerprint density at radius 3 is 2.60 bits per heavy atom. The highest BCUT2D eigenvalue weighted by atomic mass is 19.1. The number of nitrogens with one attached hydrogen (secondary N) is 1. The zero-order chi connectivity index (χ0) is 14.8. The quantitative estimate of drug-likeness (QED) is 0.645. The smallest absolute Gasteiger partial charge is 0.123 e. The second-order valence-electron chi connectivity index (χ2n) is 4.75. The summed E-state index contributed by atoms with van der Waals surface area (Å²) in [5.74, 6) is 0.319. The molecule has 0 fully saturated rings. The summed E-state index contributed by atoms with van der Waals surface area (Å²) in [5, 5.41) is 12.9. The molecule has 2 N–H and O–H groups in total. The molecule has 0 radical (unpaired) electrons. The van der Waals surface area contributed by atoms with E-state index in [4.69, 9.17) is 9.47 Å². The van der Waals surface area contributed by atoms with Crippen LogP contribution in [0.3, 0.4) is 0 Å². The highest BCUT2D eigenvalue weighted by molar-refractivity contribution is 5.21. The van der Waals surface area contributed by atoms with E-state index in [2.05, 4.69) is 19.2 Å². The van der Waals surface area contributed by atoms with Gasteiger partial charge in [0.05, 0.1) is 19.3 Å². The first-order chi connectivity index (χ1) is 9.61. The first-order valence-electron chi connectivity index (χ1n) is 6.99. The van der Waals surface area contributed by atoms with Crippen LogP contribution in [-0.4, -0.2) is 43.6 Å². The van der Waals surface area contributed by atoms with Crippen LogP contribution in [0.2, 0.25) is 0 Å². The Labute approximate surface area is 119 Å². The van der Waals surface area contributed by atoms with Gasteiger partial charge < -0.3 is 19.9 Å². The first kappa shape index (κ1) is 16.9. The fourth-order valence-corrected chi connectivity index (χ4v) is 1.51. The Morgan fingerprint density at radius 1 is 1.25 bits per heavy atom. The minimum atomic E-state index is -0.519.